The monoisotopic (exact) mass is 326 g/mol. The van der Waals surface area contributed by atoms with Gasteiger partial charge in [0.25, 0.3) is 0 Å². The van der Waals surface area contributed by atoms with Gasteiger partial charge in [0.2, 0.25) is 0 Å². The van der Waals surface area contributed by atoms with Gasteiger partial charge in [0, 0.05) is 38.3 Å². The average Bonchev–Trinajstić information content (AvgIpc) is 2.63. The van der Waals surface area contributed by atoms with E-state index in [0.717, 1.165) is 49.0 Å². The van der Waals surface area contributed by atoms with Crippen LogP contribution >= 0.6 is 12.2 Å². The zero-order valence-electron chi connectivity index (χ0n) is 13.4. The number of hydrogen-bond acceptors (Lipinski definition) is 3. The summed E-state index contributed by atoms with van der Waals surface area (Å²) in [5, 5.41) is 0. The van der Waals surface area contributed by atoms with Crippen molar-refractivity contribution in [3.8, 4) is 5.75 Å². The third-order valence-corrected chi connectivity index (χ3v) is 4.72. The van der Waals surface area contributed by atoms with Crippen molar-refractivity contribution in [1.82, 2.24) is 9.80 Å². The topological polar surface area (TPSA) is 15.7 Å². The highest BCUT2D eigenvalue weighted by Crippen LogP contribution is 2.17. The molecule has 23 heavy (non-hydrogen) atoms. The van der Waals surface area contributed by atoms with Crippen LogP contribution in [0.3, 0.4) is 0 Å². The van der Waals surface area contributed by atoms with Gasteiger partial charge in [-0.25, -0.2) is 0 Å². The summed E-state index contributed by atoms with van der Waals surface area (Å²) in [6.45, 7) is 5.05. The van der Waals surface area contributed by atoms with E-state index in [9.17, 15) is 0 Å². The molecule has 2 aromatic carbocycles. The predicted molar refractivity (Wildman–Crippen MR) is 98.0 cm³/mol. The van der Waals surface area contributed by atoms with Crippen LogP contribution in [0, 0.1) is 0 Å². The van der Waals surface area contributed by atoms with E-state index in [4.69, 9.17) is 17.0 Å². The lowest BCUT2D eigenvalue weighted by Crippen LogP contribution is -2.48. The highest BCUT2D eigenvalue weighted by molar-refractivity contribution is 7.80. The third-order valence-electron chi connectivity index (χ3n) is 4.23. The van der Waals surface area contributed by atoms with Crippen LogP contribution in [0.25, 0.3) is 0 Å². The van der Waals surface area contributed by atoms with Gasteiger partial charge < -0.3 is 9.64 Å². The Morgan fingerprint density at radius 2 is 1.74 bits per heavy atom. The van der Waals surface area contributed by atoms with Crippen molar-refractivity contribution in [2.75, 3.05) is 33.3 Å². The molecule has 0 spiro atoms. The number of piperazine rings is 1. The van der Waals surface area contributed by atoms with E-state index in [2.05, 4.69) is 46.2 Å². The Balaban J connectivity index is 1.57. The Bertz CT molecular complexity index is 651. The minimum absolute atomic E-state index is 0.854. The molecule has 0 aromatic heterocycles. The first kappa shape index (κ1) is 16.0. The predicted octanol–water partition coefficient (Wildman–Crippen LogP) is 3.19. The highest BCUT2D eigenvalue weighted by Gasteiger charge is 2.19. The molecule has 0 unspecified atom stereocenters. The summed E-state index contributed by atoms with van der Waals surface area (Å²) in [5.74, 6) is 0.854. The summed E-state index contributed by atoms with van der Waals surface area (Å²) in [6, 6.07) is 18.7. The molecule has 1 heterocycles. The lowest BCUT2D eigenvalue weighted by atomic mass is 10.1. The van der Waals surface area contributed by atoms with E-state index >= 15 is 0 Å². The SMILES string of the molecule is COc1cccc(C(=S)N2CCN(Cc3ccccc3)CC2)c1. The van der Waals surface area contributed by atoms with Gasteiger partial charge in [-0.3, -0.25) is 4.90 Å². The van der Waals surface area contributed by atoms with Crippen LogP contribution in [0.15, 0.2) is 54.6 Å². The summed E-state index contributed by atoms with van der Waals surface area (Å²) in [7, 11) is 1.69. The number of rotatable bonds is 4. The number of benzene rings is 2. The molecule has 3 rings (SSSR count). The molecule has 0 saturated carbocycles. The number of nitrogens with zero attached hydrogens (tertiary/aromatic N) is 2. The van der Waals surface area contributed by atoms with Crippen LogP contribution in [-0.2, 0) is 6.54 Å². The molecular weight excluding hydrogens is 304 g/mol. The zero-order valence-corrected chi connectivity index (χ0v) is 14.3. The maximum absolute atomic E-state index is 5.67. The van der Waals surface area contributed by atoms with Crippen LogP contribution < -0.4 is 4.74 Å². The number of thiocarbonyl (C=S) groups is 1. The Labute approximate surface area is 143 Å². The number of hydrogen-bond donors (Lipinski definition) is 0. The molecule has 0 bridgehead atoms. The molecule has 4 heteroatoms. The van der Waals surface area contributed by atoms with Gasteiger partial charge >= 0.3 is 0 Å². The fourth-order valence-corrected chi connectivity index (χ4v) is 3.20. The molecular formula is C19H22N2OS. The van der Waals surface area contributed by atoms with Crippen LogP contribution in [0.1, 0.15) is 11.1 Å². The first-order chi connectivity index (χ1) is 11.3. The quantitative estimate of drug-likeness (QED) is 0.802. The lowest BCUT2D eigenvalue weighted by Gasteiger charge is -2.36. The van der Waals surface area contributed by atoms with Crippen LogP contribution in [0.2, 0.25) is 0 Å². The third kappa shape index (κ3) is 4.09. The van der Waals surface area contributed by atoms with Crippen LogP contribution in [-0.4, -0.2) is 48.1 Å². The van der Waals surface area contributed by atoms with Gasteiger partial charge in [-0.2, -0.15) is 0 Å². The molecule has 1 saturated heterocycles. The first-order valence-corrected chi connectivity index (χ1v) is 8.37. The molecule has 0 radical (unpaired) electrons. The second-order valence-corrected chi connectivity index (χ2v) is 6.17. The van der Waals surface area contributed by atoms with Gasteiger partial charge in [0.15, 0.2) is 0 Å². The maximum atomic E-state index is 5.67. The Morgan fingerprint density at radius 3 is 2.43 bits per heavy atom. The molecule has 1 fully saturated rings. The summed E-state index contributed by atoms with van der Waals surface area (Å²) in [4.78, 5) is 5.70. The molecule has 120 valence electrons. The second kappa shape index (κ2) is 7.57. The summed E-state index contributed by atoms with van der Waals surface area (Å²) < 4.78 is 5.29. The minimum atomic E-state index is 0.854. The molecule has 0 N–H and O–H groups in total. The molecule has 0 atom stereocenters. The smallest absolute Gasteiger partial charge is 0.119 e. The van der Waals surface area contributed by atoms with Crippen molar-refractivity contribution in [3.05, 3.63) is 65.7 Å². The Hall–Kier alpha value is -1.91. The molecule has 3 nitrogen and oxygen atoms in total. The van der Waals surface area contributed by atoms with E-state index in [1.54, 1.807) is 7.11 Å². The Morgan fingerprint density at radius 1 is 1.00 bits per heavy atom. The molecule has 0 aliphatic carbocycles. The van der Waals surface area contributed by atoms with Crippen molar-refractivity contribution < 1.29 is 4.74 Å². The van der Waals surface area contributed by atoms with Gasteiger partial charge in [-0.05, 0) is 17.7 Å². The largest absolute Gasteiger partial charge is 0.497 e. The highest BCUT2D eigenvalue weighted by atomic mass is 32.1. The van der Waals surface area contributed by atoms with Crippen LogP contribution in [0.4, 0.5) is 0 Å². The summed E-state index contributed by atoms with van der Waals surface area (Å²) in [6.07, 6.45) is 0. The van der Waals surface area contributed by atoms with Crippen LogP contribution in [0.5, 0.6) is 5.75 Å². The van der Waals surface area contributed by atoms with Gasteiger partial charge in [0.05, 0.1) is 7.11 Å². The zero-order chi connectivity index (χ0) is 16.1. The minimum Gasteiger partial charge on any atom is -0.497 e. The van der Waals surface area contributed by atoms with E-state index in [1.165, 1.54) is 5.56 Å². The second-order valence-electron chi connectivity index (χ2n) is 5.79. The van der Waals surface area contributed by atoms with Crippen molar-refractivity contribution in [3.63, 3.8) is 0 Å². The summed E-state index contributed by atoms with van der Waals surface area (Å²) >= 11 is 5.67. The van der Waals surface area contributed by atoms with Crippen molar-refractivity contribution in [2.45, 2.75) is 6.54 Å². The van der Waals surface area contributed by atoms with E-state index in [-0.39, 0.29) is 0 Å². The maximum Gasteiger partial charge on any atom is 0.119 e. The average molecular weight is 326 g/mol. The van der Waals surface area contributed by atoms with E-state index in [0.29, 0.717) is 0 Å². The Kier molecular flexibility index (Phi) is 5.26. The molecule has 2 aromatic rings. The standard InChI is InChI=1S/C19H22N2OS/c1-22-18-9-5-8-17(14-18)19(23)21-12-10-20(11-13-21)15-16-6-3-2-4-7-16/h2-9,14H,10-13,15H2,1H3. The fourth-order valence-electron chi connectivity index (χ4n) is 2.89. The first-order valence-electron chi connectivity index (χ1n) is 7.96. The van der Waals surface area contributed by atoms with E-state index < -0.39 is 0 Å². The molecule has 1 aliphatic rings. The fraction of sp³-hybridized carbons (Fsp3) is 0.316. The molecule has 1 aliphatic heterocycles. The molecule has 0 amide bonds. The van der Waals surface area contributed by atoms with Gasteiger partial charge in [-0.15, -0.1) is 0 Å². The van der Waals surface area contributed by atoms with Gasteiger partial charge in [0.1, 0.15) is 10.7 Å². The van der Waals surface area contributed by atoms with E-state index in [1.807, 2.05) is 18.2 Å². The number of ether oxygens (including phenoxy) is 1. The summed E-state index contributed by atoms with van der Waals surface area (Å²) in [5.41, 5.74) is 2.44. The van der Waals surface area contributed by atoms with Crippen molar-refractivity contribution in [1.29, 1.82) is 0 Å². The van der Waals surface area contributed by atoms with Crippen molar-refractivity contribution >= 4 is 17.2 Å². The lowest BCUT2D eigenvalue weighted by molar-refractivity contribution is 0.177. The number of methoxy groups -OCH3 is 1. The normalized spacial score (nSPS) is 15.4. The van der Waals surface area contributed by atoms with Gasteiger partial charge in [-0.1, -0.05) is 54.7 Å². The van der Waals surface area contributed by atoms with Crippen molar-refractivity contribution in [2.24, 2.45) is 0 Å².